The molecule has 4 nitrogen and oxygen atoms in total. The summed E-state index contributed by atoms with van der Waals surface area (Å²) in [4.78, 5) is 11.0. The number of carbonyl (C=O) groups is 1. The lowest BCUT2D eigenvalue weighted by molar-refractivity contribution is 0.0601. The molecule has 0 unspecified atom stereocenters. The molecule has 0 radical (unpaired) electrons. The van der Waals surface area contributed by atoms with Gasteiger partial charge < -0.3 is 9.94 Å². The van der Waals surface area contributed by atoms with Crippen molar-refractivity contribution in [3.63, 3.8) is 0 Å². The van der Waals surface area contributed by atoms with E-state index in [0.717, 1.165) is 0 Å². The van der Waals surface area contributed by atoms with Crippen molar-refractivity contribution in [2.24, 2.45) is 5.16 Å². The number of rotatable bonds is 2. The van der Waals surface area contributed by atoms with Crippen LogP contribution in [0.3, 0.4) is 0 Å². The lowest BCUT2D eigenvalue weighted by Gasteiger charge is -1.99. The van der Waals surface area contributed by atoms with E-state index in [2.05, 4.69) is 9.89 Å². The molecular formula is C9H8ClNO3. The van der Waals surface area contributed by atoms with Gasteiger partial charge in [0.15, 0.2) is 5.17 Å². The number of oxime groups is 1. The molecule has 0 aromatic heterocycles. The van der Waals surface area contributed by atoms with Crippen LogP contribution in [0.15, 0.2) is 29.4 Å². The molecule has 1 aromatic rings. The normalized spacial score (nSPS) is 11.1. The zero-order chi connectivity index (χ0) is 10.6. The zero-order valence-electron chi connectivity index (χ0n) is 7.40. The number of esters is 1. The Balaban J connectivity index is 2.95. The number of methoxy groups -OCH3 is 1. The van der Waals surface area contributed by atoms with Gasteiger partial charge in [0.2, 0.25) is 0 Å². The highest BCUT2D eigenvalue weighted by Crippen LogP contribution is 2.08. The van der Waals surface area contributed by atoms with E-state index in [1.165, 1.54) is 19.2 Å². The number of carbonyl (C=O) groups excluding carboxylic acids is 1. The maximum atomic E-state index is 11.0. The van der Waals surface area contributed by atoms with Crippen LogP contribution in [-0.2, 0) is 4.74 Å². The maximum Gasteiger partial charge on any atom is 0.337 e. The molecule has 0 saturated carbocycles. The molecule has 0 aliphatic carbocycles. The standard InChI is InChI=1S/C9H8ClNO3/c1-14-9(12)7-4-2-6(3-5-7)8(10)11-13/h2-5,13H,1H3/b11-8+. The first-order valence-electron chi connectivity index (χ1n) is 3.75. The summed E-state index contributed by atoms with van der Waals surface area (Å²) in [5.41, 5.74) is 0.945. The summed E-state index contributed by atoms with van der Waals surface area (Å²) in [6.45, 7) is 0. The largest absolute Gasteiger partial charge is 0.465 e. The van der Waals surface area contributed by atoms with Crippen LogP contribution in [0.5, 0.6) is 0 Å². The van der Waals surface area contributed by atoms with Gasteiger partial charge in [-0.05, 0) is 12.1 Å². The van der Waals surface area contributed by atoms with E-state index in [1.54, 1.807) is 12.1 Å². The molecule has 74 valence electrons. The van der Waals surface area contributed by atoms with Gasteiger partial charge in [-0.3, -0.25) is 0 Å². The molecule has 0 amide bonds. The molecule has 0 saturated heterocycles. The van der Waals surface area contributed by atoms with Gasteiger partial charge in [0.25, 0.3) is 0 Å². The molecule has 1 N–H and O–H groups in total. The van der Waals surface area contributed by atoms with Crippen LogP contribution in [0, 0.1) is 0 Å². The lowest BCUT2D eigenvalue weighted by atomic mass is 10.1. The molecule has 0 aliphatic rings. The van der Waals surface area contributed by atoms with Crippen molar-refractivity contribution in [1.82, 2.24) is 0 Å². The summed E-state index contributed by atoms with van der Waals surface area (Å²) in [5.74, 6) is -0.423. The SMILES string of the molecule is COC(=O)c1ccc(/C(Cl)=N\O)cc1. The molecular weight excluding hydrogens is 206 g/mol. The zero-order valence-corrected chi connectivity index (χ0v) is 8.15. The third-order valence-corrected chi connectivity index (χ3v) is 1.93. The van der Waals surface area contributed by atoms with Crippen LogP contribution in [0.25, 0.3) is 0 Å². The third kappa shape index (κ3) is 2.23. The first-order chi connectivity index (χ1) is 6.69. The summed E-state index contributed by atoms with van der Waals surface area (Å²) in [6, 6.07) is 6.20. The first kappa shape index (κ1) is 10.5. The van der Waals surface area contributed by atoms with E-state index >= 15 is 0 Å². The molecule has 5 heteroatoms. The minimum absolute atomic E-state index is 0.0265. The van der Waals surface area contributed by atoms with Crippen LogP contribution >= 0.6 is 11.6 Å². The molecule has 1 aromatic carbocycles. The van der Waals surface area contributed by atoms with Gasteiger partial charge in [-0.2, -0.15) is 0 Å². The quantitative estimate of drug-likeness (QED) is 0.353. The highest BCUT2D eigenvalue weighted by molar-refractivity contribution is 6.69. The Morgan fingerprint density at radius 1 is 1.36 bits per heavy atom. The fourth-order valence-electron chi connectivity index (χ4n) is 0.919. The minimum Gasteiger partial charge on any atom is -0.465 e. The van der Waals surface area contributed by atoms with Crippen molar-refractivity contribution in [2.75, 3.05) is 7.11 Å². The van der Waals surface area contributed by atoms with Gasteiger partial charge in [0, 0.05) is 5.56 Å². The Labute approximate surface area is 85.7 Å². The van der Waals surface area contributed by atoms with Crippen molar-refractivity contribution < 1.29 is 14.7 Å². The Bertz CT molecular complexity index is 359. The first-order valence-corrected chi connectivity index (χ1v) is 4.13. The molecule has 0 bridgehead atoms. The molecule has 0 spiro atoms. The fraction of sp³-hybridized carbons (Fsp3) is 0.111. The highest BCUT2D eigenvalue weighted by Gasteiger charge is 2.05. The fourth-order valence-corrected chi connectivity index (χ4v) is 1.05. The molecule has 0 fully saturated rings. The van der Waals surface area contributed by atoms with E-state index < -0.39 is 5.97 Å². The molecule has 14 heavy (non-hydrogen) atoms. The van der Waals surface area contributed by atoms with Gasteiger partial charge in [0.05, 0.1) is 12.7 Å². The van der Waals surface area contributed by atoms with E-state index in [0.29, 0.717) is 11.1 Å². The number of hydrogen-bond acceptors (Lipinski definition) is 4. The van der Waals surface area contributed by atoms with Gasteiger partial charge in [0.1, 0.15) is 0 Å². The Hall–Kier alpha value is -1.55. The second-order valence-corrected chi connectivity index (χ2v) is 2.82. The van der Waals surface area contributed by atoms with E-state index in [-0.39, 0.29) is 5.17 Å². The van der Waals surface area contributed by atoms with Crippen LogP contribution < -0.4 is 0 Å². The van der Waals surface area contributed by atoms with Gasteiger partial charge in [-0.1, -0.05) is 28.9 Å². The number of hydrogen-bond donors (Lipinski definition) is 1. The van der Waals surface area contributed by atoms with Gasteiger partial charge in [-0.25, -0.2) is 4.79 Å². The smallest absolute Gasteiger partial charge is 0.337 e. The average Bonchev–Trinajstić information content (AvgIpc) is 2.27. The predicted molar refractivity (Wildman–Crippen MR) is 52.0 cm³/mol. The summed E-state index contributed by atoms with van der Waals surface area (Å²) < 4.78 is 4.51. The number of ether oxygens (including phenoxy) is 1. The minimum atomic E-state index is -0.423. The average molecular weight is 214 g/mol. The molecule has 0 aliphatic heterocycles. The number of halogens is 1. The second-order valence-electron chi connectivity index (χ2n) is 2.46. The summed E-state index contributed by atoms with van der Waals surface area (Å²) >= 11 is 5.54. The van der Waals surface area contributed by atoms with Crippen LogP contribution in [0.2, 0.25) is 0 Å². The van der Waals surface area contributed by atoms with Crippen molar-refractivity contribution in [3.05, 3.63) is 35.4 Å². The van der Waals surface area contributed by atoms with Gasteiger partial charge >= 0.3 is 5.97 Å². The van der Waals surface area contributed by atoms with Crippen LogP contribution in [-0.4, -0.2) is 23.5 Å². The van der Waals surface area contributed by atoms with E-state index in [9.17, 15) is 4.79 Å². The Morgan fingerprint density at radius 3 is 2.29 bits per heavy atom. The monoisotopic (exact) mass is 213 g/mol. The van der Waals surface area contributed by atoms with Crippen molar-refractivity contribution in [3.8, 4) is 0 Å². The third-order valence-electron chi connectivity index (χ3n) is 1.63. The van der Waals surface area contributed by atoms with E-state index in [1.807, 2.05) is 0 Å². The Kier molecular flexibility index (Phi) is 3.48. The van der Waals surface area contributed by atoms with E-state index in [4.69, 9.17) is 16.8 Å². The van der Waals surface area contributed by atoms with Crippen LogP contribution in [0.4, 0.5) is 0 Å². The molecule has 1 rings (SSSR count). The summed E-state index contributed by atoms with van der Waals surface area (Å²) in [7, 11) is 1.30. The van der Waals surface area contributed by atoms with Crippen molar-refractivity contribution in [2.45, 2.75) is 0 Å². The predicted octanol–water partition coefficient (Wildman–Crippen LogP) is 1.85. The summed E-state index contributed by atoms with van der Waals surface area (Å²) in [6.07, 6.45) is 0. The van der Waals surface area contributed by atoms with Crippen molar-refractivity contribution >= 4 is 22.7 Å². The number of nitrogens with zero attached hydrogens (tertiary/aromatic N) is 1. The number of benzene rings is 1. The van der Waals surface area contributed by atoms with Crippen molar-refractivity contribution in [1.29, 1.82) is 0 Å². The Morgan fingerprint density at radius 2 is 1.86 bits per heavy atom. The topological polar surface area (TPSA) is 58.9 Å². The second kappa shape index (κ2) is 4.62. The molecule has 0 atom stereocenters. The van der Waals surface area contributed by atoms with Crippen LogP contribution in [0.1, 0.15) is 15.9 Å². The summed E-state index contributed by atoms with van der Waals surface area (Å²) in [5, 5.41) is 11.2. The maximum absolute atomic E-state index is 11.0. The molecule has 0 heterocycles. The lowest BCUT2D eigenvalue weighted by Crippen LogP contribution is -2.01. The highest BCUT2D eigenvalue weighted by atomic mass is 35.5. The van der Waals surface area contributed by atoms with Gasteiger partial charge in [-0.15, -0.1) is 0 Å².